The average molecular weight is 409 g/mol. The highest BCUT2D eigenvalue weighted by Crippen LogP contribution is 2.27. The maximum Gasteiger partial charge on any atom is 0.259 e. The van der Waals surface area contributed by atoms with Crippen molar-refractivity contribution >= 4 is 33.2 Å². The lowest BCUT2D eigenvalue weighted by Crippen LogP contribution is -2.35. The van der Waals surface area contributed by atoms with E-state index < -0.39 is 15.9 Å². The minimum Gasteiger partial charge on any atom is -0.496 e. The Bertz CT molecular complexity index is 940. The van der Waals surface area contributed by atoms with Crippen LogP contribution in [-0.4, -0.2) is 38.8 Å². The van der Waals surface area contributed by atoms with Gasteiger partial charge >= 0.3 is 0 Å². The summed E-state index contributed by atoms with van der Waals surface area (Å²) in [7, 11) is -2.21. The highest BCUT2D eigenvalue weighted by Gasteiger charge is 2.27. The molecule has 27 heavy (non-hydrogen) atoms. The summed E-state index contributed by atoms with van der Waals surface area (Å²) >= 11 is 5.94. The molecule has 1 aliphatic heterocycles. The van der Waals surface area contributed by atoms with Crippen LogP contribution in [-0.2, 0) is 10.0 Å². The van der Waals surface area contributed by atoms with E-state index in [0.29, 0.717) is 29.5 Å². The summed E-state index contributed by atoms with van der Waals surface area (Å²) in [5, 5.41) is 3.21. The first-order chi connectivity index (χ1) is 12.9. The van der Waals surface area contributed by atoms with Crippen molar-refractivity contribution in [2.24, 2.45) is 0 Å². The highest BCUT2D eigenvalue weighted by atomic mass is 35.5. The van der Waals surface area contributed by atoms with Crippen LogP contribution in [0.15, 0.2) is 47.4 Å². The van der Waals surface area contributed by atoms with Crippen molar-refractivity contribution in [2.45, 2.75) is 24.2 Å². The molecule has 0 aromatic heterocycles. The minimum atomic E-state index is -3.65. The van der Waals surface area contributed by atoms with Crippen LogP contribution in [0, 0.1) is 0 Å². The summed E-state index contributed by atoms with van der Waals surface area (Å²) in [4.78, 5) is 12.8. The molecule has 0 atom stereocenters. The number of anilines is 1. The number of nitrogens with zero attached hydrogens (tertiary/aromatic N) is 1. The fourth-order valence-electron chi connectivity index (χ4n) is 3.04. The molecule has 0 aliphatic carbocycles. The van der Waals surface area contributed by atoms with Gasteiger partial charge in [-0.3, -0.25) is 4.79 Å². The smallest absolute Gasteiger partial charge is 0.259 e. The van der Waals surface area contributed by atoms with Crippen molar-refractivity contribution in [3.05, 3.63) is 53.1 Å². The molecule has 1 N–H and O–H groups in total. The molecule has 0 saturated carbocycles. The summed E-state index contributed by atoms with van der Waals surface area (Å²) in [6.07, 6.45) is 2.72. The number of hydrogen-bond donors (Lipinski definition) is 1. The second-order valence-corrected chi connectivity index (χ2v) is 8.67. The van der Waals surface area contributed by atoms with E-state index in [2.05, 4.69) is 5.32 Å². The number of nitrogens with one attached hydrogen (secondary N) is 1. The topological polar surface area (TPSA) is 75.7 Å². The van der Waals surface area contributed by atoms with Crippen molar-refractivity contribution in [2.75, 3.05) is 25.5 Å². The number of methoxy groups -OCH3 is 1. The summed E-state index contributed by atoms with van der Waals surface area (Å²) in [6.45, 7) is 0.997. The van der Waals surface area contributed by atoms with E-state index in [0.717, 1.165) is 19.3 Å². The largest absolute Gasteiger partial charge is 0.496 e. The summed E-state index contributed by atoms with van der Waals surface area (Å²) in [6, 6.07) is 11.1. The SMILES string of the molecule is COc1ccc(S(=O)(=O)N2CCCCC2)cc1C(=O)Nc1cccc(Cl)c1. The Labute approximate surface area is 164 Å². The lowest BCUT2D eigenvalue weighted by atomic mass is 10.2. The molecule has 0 spiro atoms. The Morgan fingerprint density at radius 1 is 1.11 bits per heavy atom. The molecule has 0 unspecified atom stereocenters. The van der Waals surface area contributed by atoms with Crippen LogP contribution < -0.4 is 10.1 Å². The number of benzene rings is 2. The van der Waals surface area contributed by atoms with Crippen LogP contribution in [0.3, 0.4) is 0 Å². The van der Waals surface area contributed by atoms with E-state index in [1.165, 1.54) is 29.6 Å². The Morgan fingerprint density at radius 3 is 2.52 bits per heavy atom. The lowest BCUT2D eigenvalue weighted by Gasteiger charge is -2.26. The molecule has 0 radical (unpaired) electrons. The van der Waals surface area contributed by atoms with Crippen molar-refractivity contribution in [3.8, 4) is 5.75 Å². The first-order valence-electron chi connectivity index (χ1n) is 8.67. The minimum absolute atomic E-state index is 0.0847. The number of ether oxygens (including phenoxy) is 1. The number of amides is 1. The summed E-state index contributed by atoms with van der Waals surface area (Å²) < 4.78 is 32.5. The normalized spacial score (nSPS) is 15.3. The molecule has 8 heteroatoms. The van der Waals surface area contributed by atoms with E-state index in [-0.39, 0.29) is 10.5 Å². The van der Waals surface area contributed by atoms with Gasteiger partial charge in [0, 0.05) is 23.8 Å². The van der Waals surface area contributed by atoms with Gasteiger partial charge in [0.05, 0.1) is 17.6 Å². The van der Waals surface area contributed by atoms with Crippen molar-refractivity contribution in [3.63, 3.8) is 0 Å². The summed E-state index contributed by atoms with van der Waals surface area (Å²) in [5.41, 5.74) is 0.661. The van der Waals surface area contributed by atoms with Crippen molar-refractivity contribution in [1.82, 2.24) is 4.31 Å². The second-order valence-electron chi connectivity index (χ2n) is 6.29. The molecule has 0 bridgehead atoms. The highest BCUT2D eigenvalue weighted by molar-refractivity contribution is 7.89. The van der Waals surface area contributed by atoms with E-state index in [1.54, 1.807) is 24.3 Å². The molecular weight excluding hydrogens is 388 g/mol. The number of carbonyl (C=O) groups is 1. The standard InChI is InChI=1S/C19H21ClN2O4S/c1-26-18-9-8-16(27(24,25)22-10-3-2-4-11-22)13-17(18)19(23)21-15-7-5-6-14(20)12-15/h5-9,12-13H,2-4,10-11H2,1H3,(H,21,23). The third kappa shape index (κ3) is 4.43. The van der Waals surface area contributed by atoms with E-state index in [4.69, 9.17) is 16.3 Å². The maximum absolute atomic E-state index is 12.9. The van der Waals surface area contributed by atoms with Crippen LogP contribution in [0.5, 0.6) is 5.75 Å². The second kappa shape index (κ2) is 8.29. The lowest BCUT2D eigenvalue weighted by molar-refractivity contribution is 0.102. The van der Waals surface area contributed by atoms with Gasteiger partial charge in [-0.1, -0.05) is 24.1 Å². The molecule has 1 fully saturated rings. The van der Waals surface area contributed by atoms with Gasteiger partial charge in [0.25, 0.3) is 5.91 Å². The molecule has 2 aromatic rings. The van der Waals surface area contributed by atoms with Crippen LogP contribution >= 0.6 is 11.6 Å². The van der Waals surface area contributed by atoms with Gasteiger partial charge in [-0.2, -0.15) is 4.31 Å². The van der Waals surface area contributed by atoms with E-state index in [9.17, 15) is 13.2 Å². The van der Waals surface area contributed by atoms with E-state index >= 15 is 0 Å². The van der Waals surface area contributed by atoms with Gasteiger partial charge in [0.1, 0.15) is 5.75 Å². The fourth-order valence-corrected chi connectivity index (χ4v) is 4.78. The molecule has 1 heterocycles. The Balaban J connectivity index is 1.92. The van der Waals surface area contributed by atoms with Gasteiger partial charge in [0.15, 0.2) is 0 Å². The number of carbonyl (C=O) groups excluding carboxylic acids is 1. The number of hydrogen-bond acceptors (Lipinski definition) is 4. The van der Waals surface area contributed by atoms with Crippen LogP contribution in [0.2, 0.25) is 5.02 Å². The molecule has 1 aliphatic rings. The summed E-state index contributed by atoms with van der Waals surface area (Å²) in [5.74, 6) is -0.170. The number of sulfonamides is 1. The first-order valence-corrected chi connectivity index (χ1v) is 10.5. The molecule has 1 saturated heterocycles. The monoisotopic (exact) mass is 408 g/mol. The van der Waals surface area contributed by atoms with Crippen LogP contribution in [0.25, 0.3) is 0 Å². The zero-order valence-electron chi connectivity index (χ0n) is 14.9. The van der Waals surface area contributed by atoms with E-state index in [1.807, 2.05) is 0 Å². The molecule has 1 amide bonds. The van der Waals surface area contributed by atoms with Gasteiger partial charge in [-0.05, 0) is 49.2 Å². The van der Waals surface area contributed by atoms with Gasteiger partial charge < -0.3 is 10.1 Å². The third-order valence-electron chi connectivity index (χ3n) is 4.45. The van der Waals surface area contributed by atoms with Gasteiger partial charge in [-0.15, -0.1) is 0 Å². The predicted molar refractivity (Wildman–Crippen MR) is 105 cm³/mol. The van der Waals surface area contributed by atoms with Crippen LogP contribution in [0.4, 0.5) is 5.69 Å². The predicted octanol–water partition coefficient (Wildman–Crippen LogP) is 3.78. The molecule has 6 nitrogen and oxygen atoms in total. The molecule has 2 aromatic carbocycles. The molecule has 144 valence electrons. The zero-order valence-corrected chi connectivity index (χ0v) is 16.5. The van der Waals surface area contributed by atoms with Crippen molar-refractivity contribution in [1.29, 1.82) is 0 Å². The maximum atomic E-state index is 12.9. The number of halogens is 1. The number of rotatable bonds is 5. The first kappa shape index (κ1) is 19.7. The average Bonchev–Trinajstić information content (AvgIpc) is 2.68. The van der Waals surface area contributed by atoms with Crippen molar-refractivity contribution < 1.29 is 17.9 Å². The quantitative estimate of drug-likeness (QED) is 0.816. The molecular formula is C19H21ClN2O4S. The Kier molecular flexibility index (Phi) is 6.04. The Hall–Kier alpha value is -2.09. The fraction of sp³-hybridized carbons (Fsp3) is 0.316. The number of piperidine rings is 1. The van der Waals surface area contributed by atoms with Gasteiger partial charge in [-0.25, -0.2) is 8.42 Å². The van der Waals surface area contributed by atoms with Gasteiger partial charge in [0.2, 0.25) is 10.0 Å². The molecule has 3 rings (SSSR count). The zero-order chi connectivity index (χ0) is 19.4. The Morgan fingerprint density at radius 2 is 1.85 bits per heavy atom. The van der Waals surface area contributed by atoms with Crippen LogP contribution in [0.1, 0.15) is 29.6 Å². The third-order valence-corrected chi connectivity index (χ3v) is 6.58.